The second kappa shape index (κ2) is 7.97. The number of benzene rings is 1. The van der Waals surface area contributed by atoms with Crippen LogP contribution in [0.4, 0.5) is 13.2 Å². The van der Waals surface area contributed by atoms with E-state index in [1.165, 1.54) is 19.1 Å². The molecule has 3 aromatic rings. The molecular formula is C20H19F3N4O4. The van der Waals surface area contributed by atoms with E-state index in [2.05, 4.69) is 15.2 Å². The number of alkyl halides is 3. The molecule has 0 fully saturated rings. The number of carbonyl (C=O) groups is 1. The first-order valence-corrected chi connectivity index (χ1v) is 9.15. The van der Waals surface area contributed by atoms with Crippen LogP contribution in [-0.4, -0.2) is 25.9 Å². The number of halogens is 3. The van der Waals surface area contributed by atoms with Crippen LogP contribution in [0.25, 0.3) is 5.69 Å². The lowest BCUT2D eigenvalue weighted by atomic mass is 9.96. The van der Waals surface area contributed by atoms with Crippen molar-refractivity contribution in [1.29, 1.82) is 0 Å². The summed E-state index contributed by atoms with van der Waals surface area (Å²) in [6.07, 6.45) is -4.55. The van der Waals surface area contributed by atoms with Crippen molar-refractivity contribution in [1.82, 2.24) is 19.9 Å². The molecule has 1 aromatic carbocycles. The highest BCUT2D eigenvalue weighted by molar-refractivity contribution is 5.86. The van der Waals surface area contributed by atoms with Crippen molar-refractivity contribution >= 4 is 5.97 Å². The number of aromatic nitrogens is 4. The number of esters is 1. The van der Waals surface area contributed by atoms with Crippen LogP contribution in [-0.2, 0) is 22.9 Å². The van der Waals surface area contributed by atoms with Gasteiger partial charge in [-0.3, -0.25) is 4.79 Å². The fourth-order valence-corrected chi connectivity index (χ4v) is 2.58. The van der Waals surface area contributed by atoms with E-state index in [9.17, 15) is 22.8 Å². The van der Waals surface area contributed by atoms with Gasteiger partial charge in [0.05, 0.1) is 11.3 Å². The molecule has 31 heavy (non-hydrogen) atoms. The van der Waals surface area contributed by atoms with Gasteiger partial charge in [-0.1, -0.05) is 32.0 Å². The van der Waals surface area contributed by atoms with Gasteiger partial charge in [0.15, 0.2) is 12.4 Å². The third-order valence-corrected chi connectivity index (χ3v) is 4.18. The van der Waals surface area contributed by atoms with Crippen LogP contribution < -0.4 is 5.43 Å². The Balaban J connectivity index is 1.86. The van der Waals surface area contributed by atoms with Crippen molar-refractivity contribution in [3.05, 3.63) is 69.2 Å². The van der Waals surface area contributed by atoms with Gasteiger partial charge in [0.1, 0.15) is 0 Å². The van der Waals surface area contributed by atoms with Crippen molar-refractivity contribution in [2.24, 2.45) is 0 Å². The number of rotatable bonds is 4. The molecule has 0 N–H and O–H groups in total. The van der Waals surface area contributed by atoms with E-state index in [0.29, 0.717) is 5.82 Å². The molecule has 3 rings (SSSR count). The summed E-state index contributed by atoms with van der Waals surface area (Å²) in [5.74, 6) is -0.622. The number of nitrogens with zero attached hydrogens (tertiary/aromatic N) is 4. The third kappa shape index (κ3) is 4.98. The molecule has 8 nitrogen and oxygen atoms in total. The molecule has 0 unspecified atom stereocenters. The van der Waals surface area contributed by atoms with E-state index >= 15 is 0 Å². The molecule has 0 radical (unpaired) electrons. The van der Waals surface area contributed by atoms with Gasteiger partial charge in [-0.15, -0.1) is 0 Å². The maximum atomic E-state index is 13.0. The van der Waals surface area contributed by atoms with Gasteiger partial charge in [-0.2, -0.15) is 23.3 Å². The minimum atomic E-state index is -4.55. The number of hydrogen-bond donors (Lipinski definition) is 0. The predicted molar refractivity (Wildman–Crippen MR) is 102 cm³/mol. The SMILES string of the molecule is Cc1cc(=O)c(C(=O)OCc2nc(C(C)(C)C)no2)nn1-c1cccc(C(F)(F)F)c1. The van der Waals surface area contributed by atoms with Gasteiger partial charge in [-0.25, -0.2) is 9.48 Å². The average Bonchev–Trinajstić information content (AvgIpc) is 3.15. The zero-order valence-corrected chi connectivity index (χ0v) is 17.1. The minimum Gasteiger partial charge on any atom is -0.451 e. The molecule has 11 heteroatoms. The third-order valence-electron chi connectivity index (χ3n) is 4.18. The molecule has 2 heterocycles. The molecule has 0 aliphatic carbocycles. The van der Waals surface area contributed by atoms with Crippen molar-refractivity contribution in [3.63, 3.8) is 0 Å². The zero-order chi connectivity index (χ0) is 23.0. The van der Waals surface area contributed by atoms with E-state index < -0.39 is 28.8 Å². The van der Waals surface area contributed by atoms with Crippen LogP contribution in [0.3, 0.4) is 0 Å². The van der Waals surface area contributed by atoms with Crippen molar-refractivity contribution in [3.8, 4) is 5.69 Å². The Morgan fingerprint density at radius 3 is 2.52 bits per heavy atom. The summed E-state index contributed by atoms with van der Waals surface area (Å²) in [6.45, 7) is 6.72. The van der Waals surface area contributed by atoms with E-state index in [0.717, 1.165) is 22.9 Å². The number of carbonyl (C=O) groups excluding carboxylic acids is 1. The zero-order valence-electron chi connectivity index (χ0n) is 17.1. The van der Waals surface area contributed by atoms with E-state index in [1.807, 2.05) is 20.8 Å². The van der Waals surface area contributed by atoms with Crippen LogP contribution >= 0.6 is 0 Å². The fraction of sp³-hybridized carbons (Fsp3) is 0.350. The average molecular weight is 436 g/mol. The normalized spacial score (nSPS) is 12.1. The maximum absolute atomic E-state index is 13.0. The second-order valence-electron chi connectivity index (χ2n) is 7.80. The Morgan fingerprint density at radius 1 is 1.19 bits per heavy atom. The molecule has 164 valence electrons. The summed E-state index contributed by atoms with van der Waals surface area (Å²) in [7, 11) is 0. The molecule has 0 aliphatic heterocycles. The highest BCUT2D eigenvalue weighted by Gasteiger charge is 2.31. The van der Waals surface area contributed by atoms with Gasteiger partial charge in [0, 0.05) is 17.2 Å². The summed E-state index contributed by atoms with van der Waals surface area (Å²) >= 11 is 0. The molecule has 0 saturated carbocycles. The first-order chi connectivity index (χ1) is 14.4. The lowest BCUT2D eigenvalue weighted by Gasteiger charge is -2.13. The van der Waals surface area contributed by atoms with Gasteiger partial charge < -0.3 is 9.26 Å². The molecule has 0 atom stereocenters. The Hall–Kier alpha value is -3.50. The van der Waals surface area contributed by atoms with E-state index in [4.69, 9.17) is 9.26 Å². The monoisotopic (exact) mass is 436 g/mol. The highest BCUT2D eigenvalue weighted by atomic mass is 19.4. The smallest absolute Gasteiger partial charge is 0.416 e. The first kappa shape index (κ1) is 22.2. The van der Waals surface area contributed by atoms with Gasteiger partial charge in [0.2, 0.25) is 11.1 Å². The Morgan fingerprint density at radius 2 is 1.90 bits per heavy atom. The van der Waals surface area contributed by atoms with Crippen LogP contribution in [0.2, 0.25) is 0 Å². The quantitative estimate of drug-likeness (QED) is 0.576. The van der Waals surface area contributed by atoms with Crippen molar-refractivity contribution in [2.75, 3.05) is 0 Å². The van der Waals surface area contributed by atoms with E-state index in [1.54, 1.807) is 0 Å². The summed E-state index contributed by atoms with van der Waals surface area (Å²) in [6, 6.07) is 5.45. The van der Waals surface area contributed by atoms with Gasteiger partial charge >= 0.3 is 12.1 Å². The van der Waals surface area contributed by atoms with Crippen LogP contribution in [0, 0.1) is 6.92 Å². The number of hydrogen-bond acceptors (Lipinski definition) is 7. The first-order valence-electron chi connectivity index (χ1n) is 9.15. The molecule has 0 amide bonds. The largest absolute Gasteiger partial charge is 0.451 e. The van der Waals surface area contributed by atoms with Crippen molar-refractivity contribution in [2.45, 2.75) is 45.9 Å². The second-order valence-corrected chi connectivity index (χ2v) is 7.80. The molecular weight excluding hydrogens is 417 g/mol. The molecule has 0 spiro atoms. The molecule has 0 saturated heterocycles. The fourth-order valence-electron chi connectivity index (χ4n) is 2.58. The molecule has 0 bridgehead atoms. The summed E-state index contributed by atoms with van der Waals surface area (Å²) in [5, 5.41) is 7.72. The van der Waals surface area contributed by atoms with Crippen LogP contribution in [0.1, 0.15) is 54.2 Å². The summed E-state index contributed by atoms with van der Waals surface area (Å²) in [4.78, 5) is 28.7. The predicted octanol–water partition coefficient (Wildman–Crippen LogP) is 3.60. The summed E-state index contributed by atoms with van der Waals surface area (Å²) in [5.41, 5.74) is -2.30. The highest BCUT2D eigenvalue weighted by Crippen LogP contribution is 2.30. The summed E-state index contributed by atoms with van der Waals surface area (Å²) < 4.78 is 50.2. The van der Waals surface area contributed by atoms with Gasteiger partial charge in [-0.05, 0) is 25.1 Å². The lowest BCUT2D eigenvalue weighted by molar-refractivity contribution is -0.137. The molecule has 2 aromatic heterocycles. The minimum absolute atomic E-state index is 0.0311. The maximum Gasteiger partial charge on any atom is 0.416 e. The topological polar surface area (TPSA) is 100 Å². The lowest BCUT2D eigenvalue weighted by Crippen LogP contribution is -2.24. The van der Waals surface area contributed by atoms with Crippen molar-refractivity contribution < 1.29 is 27.2 Å². The number of ether oxygens (including phenoxy) is 1. The Kier molecular flexibility index (Phi) is 5.70. The standard InChI is InChI=1S/C20H19F3N4O4/c1-11-8-14(28)16(17(29)30-10-15-24-18(26-31-15)19(2,3)4)25-27(11)13-7-5-6-12(9-13)20(21,22)23/h5-9H,10H2,1-4H3. The van der Waals surface area contributed by atoms with E-state index in [-0.39, 0.29) is 29.3 Å². The van der Waals surface area contributed by atoms with Gasteiger partial charge in [0.25, 0.3) is 5.89 Å². The molecule has 0 aliphatic rings. The van der Waals surface area contributed by atoms with Crippen LogP contribution in [0.5, 0.6) is 0 Å². The Bertz CT molecular complexity index is 1180. The Labute approximate surface area is 174 Å². The number of aryl methyl sites for hydroxylation is 1. The van der Waals surface area contributed by atoms with Crippen LogP contribution in [0.15, 0.2) is 39.6 Å².